The van der Waals surface area contributed by atoms with Gasteiger partial charge in [-0.05, 0) is 31.1 Å². The van der Waals surface area contributed by atoms with Crippen molar-refractivity contribution in [2.45, 2.75) is 65.0 Å². The van der Waals surface area contributed by atoms with Gasteiger partial charge >= 0.3 is 0 Å². The normalized spacial score (nSPS) is 32.4. The average molecular weight is 252 g/mol. The molecular weight excluding hydrogens is 224 g/mol. The first-order valence-electron chi connectivity index (χ1n) is 7.62. The second kappa shape index (κ2) is 6.05. The maximum atomic E-state index is 12.3. The summed E-state index contributed by atoms with van der Waals surface area (Å²) in [6.07, 6.45) is 6.40. The lowest BCUT2D eigenvalue weighted by molar-refractivity contribution is -0.138. The lowest BCUT2D eigenvalue weighted by Gasteiger charge is -2.47. The van der Waals surface area contributed by atoms with Gasteiger partial charge in [-0.3, -0.25) is 4.79 Å². The number of amides is 1. The predicted octanol–water partition coefficient (Wildman–Crippen LogP) is 2.41. The molecule has 1 aliphatic carbocycles. The molecule has 3 atom stereocenters. The SMILES string of the molecule is CC(C)NCC(=O)N1CCC(C)C2CCCCC21. The molecule has 0 aromatic heterocycles. The highest BCUT2D eigenvalue weighted by atomic mass is 16.2. The Balaban J connectivity index is 1.96. The Kier molecular flexibility index (Phi) is 4.66. The van der Waals surface area contributed by atoms with Crippen molar-refractivity contribution in [3.8, 4) is 0 Å². The monoisotopic (exact) mass is 252 g/mol. The zero-order chi connectivity index (χ0) is 13.1. The molecule has 0 bridgehead atoms. The van der Waals surface area contributed by atoms with Gasteiger partial charge in [-0.2, -0.15) is 0 Å². The fourth-order valence-corrected chi connectivity index (χ4v) is 3.62. The van der Waals surface area contributed by atoms with E-state index < -0.39 is 0 Å². The van der Waals surface area contributed by atoms with Gasteiger partial charge in [0.1, 0.15) is 0 Å². The molecule has 2 rings (SSSR count). The van der Waals surface area contributed by atoms with Gasteiger partial charge in [0.25, 0.3) is 0 Å². The molecule has 0 aromatic carbocycles. The fraction of sp³-hybridized carbons (Fsp3) is 0.933. The minimum absolute atomic E-state index is 0.313. The first-order chi connectivity index (χ1) is 8.59. The van der Waals surface area contributed by atoms with Crippen molar-refractivity contribution in [3.05, 3.63) is 0 Å². The number of hydrogen-bond donors (Lipinski definition) is 1. The van der Waals surface area contributed by atoms with Gasteiger partial charge < -0.3 is 10.2 Å². The van der Waals surface area contributed by atoms with Crippen molar-refractivity contribution in [3.63, 3.8) is 0 Å². The number of hydrogen-bond acceptors (Lipinski definition) is 2. The Morgan fingerprint density at radius 1 is 1.28 bits per heavy atom. The van der Waals surface area contributed by atoms with Crippen LogP contribution in [0.4, 0.5) is 0 Å². The Morgan fingerprint density at radius 3 is 2.72 bits per heavy atom. The summed E-state index contributed by atoms with van der Waals surface area (Å²) in [5.41, 5.74) is 0. The van der Waals surface area contributed by atoms with E-state index in [1.54, 1.807) is 0 Å². The van der Waals surface area contributed by atoms with Gasteiger partial charge in [-0.25, -0.2) is 0 Å². The Bertz CT molecular complexity index is 290. The van der Waals surface area contributed by atoms with Crippen LogP contribution in [0.25, 0.3) is 0 Å². The lowest BCUT2D eigenvalue weighted by atomic mass is 9.72. The van der Waals surface area contributed by atoms with E-state index in [1.807, 2.05) is 0 Å². The molecule has 2 fully saturated rings. The van der Waals surface area contributed by atoms with Gasteiger partial charge in [0.05, 0.1) is 6.54 Å². The lowest BCUT2D eigenvalue weighted by Crippen LogP contribution is -2.54. The topological polar surface area (TPSA) is 32.3 Å². The van der Waals surface area contributed by atoms with Gasteiger partial charge in [0.15, 0.2) is 0 Å². The molecule has 1 aliphatic heterocycles. The molecule has 1 saturated heterocycles. The quantitative estimate of drug-likeness (QED) is 0.836. The molecule has 104 valence electrons. The van der Waals surface area contributed by atoms with E-state index in [4.69, 9.17) is 0 Å². The molecule has 0 radical (unpaired) electrons. The molecule has 0 aromatic rings. The summed E-state index contributed by atoms with van der Waals surface area (Å²) in [6, 6.07) is 0.920. The maximum Gasteiger partial charge on any atom is 0.236 e. The van der Waals surface area contributed by atoms with Crippen LogP contribution in [0.5, 0.6) is 0 Å². The van der Waals surface area contributed by atoms with Crippen molar-refractivity contribution in [2.24, 2.45) is 11.8 Å². The summed E-state index contributed by atoms with van der Waals surface area (Å²) < 4.78 is 0. The first-order valence-corrected chi connectivity index (χ1v) is 7.62. The van der Waals surface area contributed by atoms with Crippen LogP contribution < -0.4 is 5.32 Å². The molecule has 3 unspecified atom stereocenters. The molecule has 0 spiro atoms. The second-order valence-electron chi connectivity index (χ2n) is 6.40. The van der Waals surface area contributed by atoms with Crippen molar-refractivity contribution < 1.29 is 4.79 Å². The standard InChI is InChI=1S/C15H28N2O/c1-11(2)16-10-15(18)17-9-8-12(3)13-6-4-5-7-14(13)17/h11-14,16H,4-10H2,1-3H3. The largest absolute Gasteiger partial charge is 0.338 e. The minimum atomic E-state index is 0.313. The molecular formula is C15H28N2O. The third-order valence-corrected chi connectivity index (χ3v) is 4.72. The number of nitrogens with one attached hydrogen (secondary N) is 1. The van der Waals surface area contributed by atoms with E-state index in [2.05, 4.69) is 31.0 Å². The molecule has 3 nitrogen and oxygen atoms in total. The molecule has 1 heterocycles. The van der Waals surface area contributed by atoms with Crippen LogP contribution in [0.3, 0.4) is 0 Å². The van der Waals surface area contributed by atoms with E-state index in [9.17, 15) is 4.79 Å². The predicted molar refractivity (Wildman–Crippen MR) is 74.4 cm³/mol. The highest BCUT2D eigenvalue weighted by Gasteiger charge is 2.38. The Labute approximate surface area is 111 Å². The number of carbonyl (C=O) groups is 1. The third kappa shape index (κ3) is 3.05. The van der Waals surface area contributed by atoms with Gasteiger partial charge in [-0.1, -0.05) is 33.6 Å². The Morgan fingerprint density at radius 2 is 2.00 bits per heavy atom. The van der Waals surface area contributed by atoms with E-state index >= 15 is 0 Å². The summed E-state index contributed by atoms with van der Waals surface area (Å²) in [4.78, 5) is 14.5. The number of fused-ring (bicyclic) bond motifs is 1. The number of likely N-dealkylation sites (tertiary alicyclic amines) is 1. The number of nitrogens with zero attached hydrogens (tertiary/aromatic N) is 1. The molecule has 18 heavy (non-hydrogen) atoms. The van der Waals surface area contributed by atoms with Crippen molar-refractivity contribution >= 4 is 5.91 Å². The second-order valence-corrected chi connectivity index (χ2v) is 6.40. The van der Waals surface area contributed by atoms with Crippen LogP contribution in [0.15, 0.2) is 0 Å². The van der Waals surface area contributed by atoms with E-state index in [0.29, 0.717) is 24.5 Å². The molecule has 2 aliphatic rings. The number of carbonyl (C=O) groups excluding carboxylic acids is 1. The summed E-state index contributed by atoms with van der Waals surface area (Å²) >= 11 is 0. The minimum Gasteiger partial charge on any atom is -0.338 e. The van der Waals surface area contributed by atoms with E-state index in [1.165, 1.54) is 32.1 Å². The van der Waals surface area contributed by atoms with Gasteiger partial charge in [-0.15, -0.1) is 0 Å². The molecule has 1 amide bonds. The van der Waals surface area contributed by atoms with Crippen molar-refractivity contribution in [1.82, 2.24) is 10.2 Å². The van der Waals surface area contributed by atoms with E-state index in [-0.39, 0.29) is 0 Å². The van der Waals surface area contributed by atoms with Crippen molar-refractivity contribution in [2.75, 3.05) is 13.1 Å². The third-order valence-electron chi connectivity index (χ3n) is 4.72. The summed E-state index contributed by atoms with van der Waals surface area (Å²) in [6.45, 7) is 8.04. The van der Waals surface area contributed by atoms with Gasteiger partial charge in [0, 0.05) is 18.6 Å². The molecule has 1 N–H and O–H groups in total. The van der Waals surface area contributed by atoms with Crippen LogP contribution in [0.1, 0.15) is 52.9 Å². The van der Waals surface area contributed by atoms with Crippen molar-refractivity contribution in [1.29, 1.82) is 0 Å². The summed E-state index contributed by atoms with van der Waals surface area (Å²) in [5, 5.41) is 3.26. The van der Waals surface area contributed by atoms with Crippen LogP contribution in [-0.4, -0.2) is 36.0 Å². The fourth-order valence-electron chi connectivity index (χ4n) is 3.62. The zero-order valence-electron chi connectivity index (χ0n) is 12.1. The highest BCUT2D eigenvalue weighted by Crippen LogP contribution is 2.38. The molecule has 1 saturated carbocycles. The summed E-state index contributed by atoms with van der Waals surface area (Å²) in [7, 11) is 0. The van der Waals surface area contributed by atoms with Crippen LogP contribution in [0.2, 0.25) is 0 Å². The highest BCUT2D eigenvalue weighted by molar-refractivity contribution is 5.78. The van der Waals surface area contributed by atoms with Gasteiger partial charge in [0.2, 0.25) is 5.91 Å². The average Bonchev–Trinajstić information content (AvgIpc) is 2.37. The smallest absolute Gasteiger partial charge is 0.236 e. The molecule has 3 heteroatoms. The zero-order valence-corrected chi connectivity index (χ0v) is 12.1. The van der Waals surface area contributed by atoms with E-state index in [0.717, 1.165) is 18.4 Å². The Hall–Kier alpha value is -0.570. The maximum absolute atomic E-state index is 12.3. The number of piperidine rings is 1. The van der Waals surface area contributed by atoms with Crippen LogP contribution in [-0.2, 0) is 4.79 Å². The van der Waals surface area contributed by atoms with Crippen LogP contribution in [0, 0.1) is 11.8 Å². The first kappa shape index (κ1) is 13.9. The number of rotatable bonds is 3. The van der Waals surface area contributed by atoms with Crippen LogP contribution >= 0.6 is 0 Å². The summed E-state index contributed by atoms with van der Waals surface area (Å²) in [5.74, 6) is 1.88.